The zero-order chi connectivity index (χ0) is 45.6. The second-order valence-corrected chi connectivity index (χ2v) is 27.5. The van der Waals surface area contributed by atoms with E-state index in [0.29, 0.717) is 0 Å². The summed E-state index contributed by atoms with van der Waals surface area (Å²) in [5.74, 6) is 2.14. The Balaban J connectivity index is 1.10. The summed E-state index contributed by atoms with van der Waals surface area (Å²) in [6, 6.07) is 9.06. The van der Waals surface area contributed by atoms with E-state index in [1.54, 1.807) is 313 Å². The van der Waals surface area contributed by atoms with Crippen LogP contribution in [0.25, 0.3) is 302 Å². The predicted molar refractivity (Wildman–Crippen MR) is 318 cm³/mol. The summed E-state index contributed by atoms with van der Waals surface area (Å²) in [7, 11) is 3.93. The SMILES string of the molecule is COc1c2c(c(OC)c3ccccc13)CC13c4c5c6c7c8c9c(c%10c%11c1c1c4c4c%12c5c5c6c6c8c8c%13c9c9c%10c%10c%11c%11c1c1c4c4c%12c%12c5c5c6c8c6c8c%13c9c9c%10c%10c%11c1c1c4c4c%12c5c6c5c8c9c%10c1c45)C73C2. The number of fused-ring (bicyclic) bond motifs is 2. The van der Waals surface area contributed by atoms with E-state index in [0.717, 1.165) is 24.3 Å². The molecule has 0 aliphatic heterocycles. The maximum atomic E-state index is 6.95. The highest BCUT2D eigenvalue weighted by atomic mass is 16.5. The van der Waals surface area contributed by atoms with Gasteiger partial charge in [-0.1, -0.05) is 24.3 Å². The maximum absolute atomic E-state index is 6.95. The molecule has 0 bridgehead atoms. The van der Waals surface area contributed by atoms with Crippen LogP contribution in [0.2, 0.25) is 0 Å². The van der Waals surface area contributed by atoms with Crippen LogP contribution in [0.15, 0.2) is 24.3 Å². The fraction of sp³-hybridized carbons (Fsp3) is 0.0811. The van der Waals surface area contributed by atoms with Crippen LogP contribution >= 0.6 is 0 Å². The molecule has 35 rings (SSSR count). The number of methoxy groups -OCH3 is 2. The summed E-state index contributed by atoms with van der Waals surface area (Å²) in [6.45, 7) is 0. The quantitative estimate of drug-likeness (QED) is 0.161. The third kappa shape index (κ3) is 1.58. The highest BCUT2D eigenvalue weighted by molar-refractivity contribution is 6.82. The van der Waals surface area contributed by atoms with E-state index in [1.807, 2.05) is 14.2 Å². The summed E-state index contributed by atoms with van der Waals surface area (Å²) in [5, 5.41) is 91.4. The van der Waals surface area contributed by atoms with Gasteiger partial charge in [-0.3, -0.25) is 0 Å². The Labute approximate surface area is 415 Å². The lowest BCUT2D eigenvalue weighted by atomic mass is 9.43. The molecular weight excluding hydrogens is 921 g/mol. The van der Waals surface area contributed by atoms with Crippen LogP contribution in [0.4, 0.5) is 0 Å². The standard InChI is InChI=1S/C74H14O2/c1-75-71-9-5-3-4-6-10(9)72(76-2)12-8-74-69-61-53-43-33-25-17-14-13-15-19-21(17)29-35-27(19)37-31-23(15)24-16(13)20-22-18(14)26(25)34-40-30(22)36-28(20)38-32(24)42-41(31)51-45(37)55-49(35)57(47(53)39(29)33)65(69)63(55)67-59(51)60-52(42)46(38)56-50(36)58-48(40)54(44(34)43)62(61)70(74)66(58)64(56)68(60)73(67,74)7-11(12)71/h3-6H,7-8H2,1-2H3. The molecule has 5 aliphatic carbocycles. The smallest absolute Gasteiger partial charge is 0.130 e. The summed E-state index contributed by atoms with van der Waals surface area (Å²) in [6.07, 6.45) is 1.81. The lowest BCUT2D eigenvalue weighted by Crippen LogP contribution is -2.57. The molecule has 0 radical (unpaired) electrons. The number of hydrogen-bond acceptors (Lipinski definition) is 2. The van der Waals surface area contributed by atoms with Crippen LogP contribution in [0.5, 0.6) is 11.5 Å². The van der Waals surface area contributed by atoms with Crippen molar-refractivity contribution in [2.24, 2.45) is 0 Å². The van der Waals surface area contributed by atoms with Crippen LogP contribution in [0, 0.1) is 0 Å². The molecule has 2 nitrogen and oxygen atoms in total. The van der Waals surface area contributed by atoms with Crippen molar-refractivity contribution in [3.8, 4) is 11.5 Å². The van der Waals surface area contributed by atoms with E-state index in [2.05, 4.69) is 24.3 Å². The van der Waals surface area contributed by atoms with Gasteiger partial charge in [-0.25, -0.2) is 0 Å². The molecule has 0 unspecified atom stereocenters. The topological polar surface area (TPSA) is 18.5 Å². The number of benzene rings is 20. The van der Waals surface area contributed by atoms with Crippen LogP contribution in [-0.2, 0) is 23.7 Å². The molecular formula is C74H14O2. The minimum absolute atomic E-state index is 0.369. The molecule has 76 heavy (non-hydrogen) atoms. The van der Waals surface area contributed by atoms with Gasteiger partial charge in [0.1, 0.15) is 11.5 Å². The first-order chi connectivity index (χ1) is 37.8. The summed E-state index contributed by atoms with van der Waals surface area (Å²) < 4.78 is 13.9. The minimum Gasteiger partial charge on any atom is -0.496 e. The van der Waals surface area contributed by atoms with Crippen LogP contribution in [-0.4, -0.2) is 14.2 Å². The second-order valence-electron chi connectivity index (χ2n) is 27.5. The molecule has 2 spiro atoms. The maximum Gasteiger partial charge on any atom is 0.130 e. The molecule has 0 heterocycles. The lowest BCUT2D eigenvalue weighted by molar-refractivity contribution is 0.285. The highest BCUT2D eigenvalue weighted by Gasteiger charge is 2.71. The second kappa shape index (κ2) is 6.71. The normalized spacial score (nSPS) is 21.6. The Hall–Kier alpha value is -9.24. The van der Waals surface area contributed by atoms with E-state index in [1.165, 1.54) is 21.9 Å². The summed E-state index contributed by atoms with van der Waals surface area (Å²) in [5.41, 5.74) is 8.94. The molecule has 2 heteroatoms. The van der Waals surface area contributed by atoms with Gasteiger partial charge in [0.2, 0.25) is 0 Å². The van der Waals surface area contributed by atoms with Crippen LogP contribution in [0.1, 0.15) is 33.4 Å². The molecule has 0 atom stereocenters. The summed E-state index contributed by atoms with van der Waals surface area (Å²) in [4.78, 5) is 0. The van der Waals surface area contributed by atoms with Crippen LogP contribution < -0.4 is 9.47 Å². The van der Waals surface area contributed by atoms with Gasteiger partial charge in [0.05, 0.1) is 14.2 Å². The average Bonchev–Trinajstić information content (AvgIpc) is 1.62. The first kappa shape index (κ1) is 29.0. The first-order valence-electron chi connectivity index (χ1n) is 28.2. The van der Waals surface area contributed by atoms with Crippen molar-refractivity contribution in [1.82, 2.24) is 0 Å². The van der Waals surface area contributed by atoms with Gasteiger partial charge in [-0.15, -0.1) is 0 Å². The van der Waals surface area contributed by atoms with Gasteiger partial charge >= 0.3 is 0 Å². The molecule has 0 saturated carbocycles. The Kier molecular flexibility index (Phi) is 2.56. The number of hydrogen-bond donors (Lipinski definition) is 0. The van der Waals surface area contributed by atoms with Crippen molar-refractivity contribution in [2.75, 3.05) is 14.2 Å². The van der Waals surface area contributed by atoms with E-state index in [4.69, 9.17) is 9.47 Å². The largest absolute Gasteiger partial charge is 0.496 e. The van der Waals surface area contributed by atoms with Crippen molar-refractivity contribution in [3.63, 3.8) is 0 Å². The molecule has 0 saturated heterocycles. The fourth-order valence-corrected chi connectivity index (χ4v) is 27.1. The van der Waals surface area contributed by atoms with E-state index >= 15 is 0 Å². The van der Waals surface area contributed by atoms with E-state index < -0.39 is 0 Å². The Morgan fingerprint density at radius 2 is 0.368 bits per heavy atom. The van der Waals surface area contributed by atoms with Gasteiger partial charge in [0.25, 0.3) is 0 Å². The molecule has 5 aliphatic rings. The third-order valence-corrected chi connectivity index (χ3v) is 27.3. The van der Waals surface area contributed by atoms with Gasteiger partial charge in [-0.05, 0) is 326 Å². The zero-order valence-electron chi connectivity index (χ0n) is 39.5. The van der Waals surface area contributed by atoms with E-state index in [-0.39, 0.29) is 10.8 Å². The molecule has 0 amide bonds. The fourth-order valence-electron chi connectivity index (χ4n) is 27.1. The predicted octanol–water partition coefficient (Wildman–Crippen LogP) is 19.3. The Bertz CT molecular complexity index is 7260. The highest BCUT2D eigenvalue weighted by Crippen LogP contribution is 2.86. The van der Waals surface area contributed by atoms with Crippen LogP contribution in [0.3, 0.4) is 0 Å². The van der Waals surface area contributed by atoms with Crippen molar-refractivity contribution in [1.29, 1.82) is 0 Å². The lowest BCUT2D eigenvalue weighted by Gasteiger charge is -2.57. The zero-order valence-corrected chi connectivity index (χ0v) is 39.5. The molecule has 30 aromatic carbocycles. The van der Waals surface area contributed by atoms with Gasteiger partial charge in [0, 0.05) is 32.7 Å². The summed E-state index contributed by atoms with van der Waals surface area (Å²) >= 11 is 0. The van der Waals surface area contributed by atoms with Crippen molar-refractivity contribution >= 4 is 302 Å². The first-order valence-corrected chi connectivity index (χ1v) is 28.2. The van der Waals surface area contributed by atoms with Crippen molar-refractivity contribution in [3.05, 3.63) is 57.6 Å². The molecule has 0 N–H and O–H groups in total. The molecule has 30 aromatic rings. The monoisotopic (exact) mass is 934 g/mol. The number of ether oxygens (including phenoxy) is 2. The van der Waals surface area contributed by atoms with Crippen molar-refractivity contribution < 1.29 is 9.47 Å². The van der Waals surface area contributed by atoms with Crippen molar-refractivity contribution in [2.45, 2.75) is 23.7 Å². The Morgan fingerprint density at radius 3 is 0.513 bits per heavy atom. The molecule has 0 fully saturated rings. The third-order valence-electron chi connectivity index (χ3n) is 27.3. The molecule has 0 aromatic heterocycles. The van der Waals surface area contributed by atoms with E-state index in [9.17, 15) is 0 Å². The average molecular weight is 935 g/mol. The molecule has 322 valence electrons. The minimum atomic E-state index is -0.369. The van der Waals surface area contributed by atoms with Gasteiger partial charge < -0.3 is 9.47 Å². The Morgan fingerprint density at radius 1 is 0.224 bits per heavy atom. The van der Waals surface area contributed by atoms with Gasteiger partial charge in [0.15, 0.2) is 0 Å². The van der Waals surface area contributed by atoms with Gasteiger partial charge in [-0.2, -0.15) is 0 Å². The number of rotatable bonds is 2.